The molecule has 1 atom stereocenters. The fraction of sp³-hybridized carbons (Fsp3) is 0.556. The second-order valence-electron chi connectivity index (χ2n) is 6.28. The molecule has 1 aliphatic rings. The fourth-order valence-corrected chi connectivity index (χ4v) is 3.26. The monoisotopic (exact) mass is 318 g/mol. The first-order chi connectivity index (χ1) is 11.1. The van der Waals surface area contributed by atoms with E-state index in [4.69, 9.17) is 10.5 Å². The van der Waals surface area contributed by atoms with Crippen LogP contribution in [0.1, 0.15) is 54.4 Å². The van der Waals surface area contributed by atoms with Crippen LogP contribution in [0.2, 0.25) is 0 Å². The Balaban J connectivity index is 2.02. The molecule has 0 heterocycles. The van der Waals surface area contributed by atoms with Crippen molar-refractivity contribution < 1.29 is 14.3 Å². The van der Waals surface area contributed by atoms with Crippen molar-refractivity contribution >= 4 is 11.8 Å². The zero-order valence-corrected chi connectivity index (χ0v) is 13.7. The maximum absolute atomic E-state index is 12.5. The molecule has 5 nitrogen and oxygen atoms in total. The summed E-state index contributed by atoms with van der Waals surface area (Å²) in [5, 5.41) is 3.01. The third-order valence-electron chi connectivity index (χ3n) is 4.48. The number of hydrogen-bond donors (Lipinski definition) is 2. The van der Waals surface area contributed by atoms with Gasteiger partial charge in [-0.1, -0.05) is 31.4 Å². The van der Waals surface area contributed by atoms with Gasteiger partial charge in [-0.15, -0.1) is 0 Å². The van der Waals surface area contributed by atoms with Crippen LogP contribution in [0.15, 0.2) is 24.3 Å². The molecule has 1 aromatic carbocycles. The number of carbonyl (C=O) groups excluding carboxylic acids is 2. The Labute approximate surface area is 137 Å². The molecule has 0 aromatic heterocycles. The topological polar surface area (TPSA) is 81.4 Å². The molecule has 1 aromatic rings. The standard InChI is InChI=1S/C18H26N2O3/c1-23-12-13-7-9-15(10-8-13)18(22)20-16(11-17(19)21)14-5-3-2-4-6-14/h7-10,14,16H,2-6,11-12H2,1H3,(H2,19,21)(H,20,22)/t16-/m0/s1. The second-order valence-corrected chi connectivity index (χ2v) is 6.28. The van der Waals surface area contributed by atoms with E-state index >= 15 is 0 Å². The Morgan fingerprint density at radius 2 is 1.87 bits per heavy atom. The van der Waals surface area contributed by atoms with Crippen molar-refractivity contribution in [2.24, 2.45) is 11.7 Å². The normalized spacial score (nSPS) is 16.7. The summed E-state index contributed by atoms with van der Waals surface area (Å²) >= 11 is 0. The minimum atomic E-state index is -0.365. The lowest BCUT2D eigenvalue weighted by molar-refractivity contribution is -0.118. The van der Waals surface area contributed by atoms with E-state index in [1.54, 1.807) is 19.2 Å². The van der Waals surface area contributed by atoms with Crippen LogP contribution in [0.4, 0.5) is 0 Å². The highest BCUT2D eigenvalue weighted by Crippen LogP contribution is 2.28. The largest absolute Gasteiger partial charge is 0.380 e. The van der Waals surface area contributed by atoms with E-state index in [-0.39, 0.29) is 24.3 Å². The number of benzene rings is 1. The highest BCUT2D eigenvalue weighted by atomic mass is 16.5. The first kappa shape index (κ1) is 17.5. The number of rotatable bonds is 7. The van der Waals surface area contributed by atoms with Crippen molar-refractivity contribution in [3.8, 4) is 0 Å². The highest BCUT2D eigenvalue weighted by Gasteiger charge is 2.26. The van der Waals surface area contributed by atoms with Crippen LogP contribution < -0.4 is 11.1 Å². The van der Waals surface area contributed by atoms with Gasteiger partial charge >= 0.3 is 0 Å². The molecule has 0 unspecified atom stereocenters. The lowest BCUT2D eigenvalue weighted by Crippen LogP contribution is -2.43. The molecule has 0 bridgehead atoms. The molecule has 126 valence electrons. The molecule has 0 spiro atoms. The molecule has 0 radical (unpaired) electrons. The summed E-state index contributed by atoms with van der Waals surface area (Å²) in [6.45, 7) is 0.522. The maximum atomic E-state index is 12.5. The third-order valence-corrected chi connectivity index (χ3v) is 4.48. The summed E-state index contributed by atoms with van der Waals surface area (Å²) < 4.78 is 5.06. The van der Waals surface area contributed by atoms with Gasteiger partial charge in [-0.25, -0.2) is 0 Å². The van der Waals surface area contributed by atoms with Gasteiger partial charge in [0.1, 0.15) is 0 Å². The van der Waals surface area contributed by atoms with Crippen molar-refractivity contribution in [3.05, 3.63) is 35.4 Å². The molecule has 0 aliphatic heterocycles. The Hall–Kier alpha value is -1.88. The molecule has 2 rings (SSSR count). The molecular weight excluding hydrogens is 292 g/mol. The number of methoxy groups -OCH3 is 1. The Morgan fingerprint density at radius 1 is 1.22 bits per heavy atom. The number of nitrogens with one attached hydrogen (secondary N) is 1. The third kappa shape index (κ3) is 5.36. The summed E-state index contributed by atoms with van der Waals surface area (Å²) in [4.78, 5) is 23.8. The number of ether oxygens (including phenoxy) is 1. The molecule has 23 heavy (non-hydrogen) atoms. The number of hydrogen-bond acceptors (Lipinski definition) is 3. The van der Waals surface area contributed by atoms with Gasteiger partial charge < -0.3 is 15.8 Å². The summed E-state index contributed by atoms with van der Waals surface area (Å²) in [5.74, 6) is -0.171. The summed E-state index contributed by atoms with van der Waals surface area (Å²) in [6.07, 6.45) is 5.84. The average Bonchev–Trinajstić information content (AvgIpc) is 2.55. The van der Waals surface area contributed by atoms with Gasteiger partial charge in [0.2, 0.25) is 5.91 Å². The van der Waals surface area contributed by atoms with Crippen molar-refractivity contribution in [2.75, 3.05) is 7.11 Å². The molecular formula is C18H26N2O3. The van der Waals surface area contributed by atoms with E-state index in [0.29, 0.717) is 18.1 Å². The summed E-state index contributed by atoms with van der Waals surface area (Å²) in [6, 6.07) is 7.15. The number of amides is 2. The lowest BCUT2D eigenvalue weighted by atomic mass is 9.82. The SMILES string of the molecule is COCc1ccc(C(=O)N[C@@H](CC(N)=O)C2CCCCC2)cc1. The van der Waals surface area contributed by atoms with Crippen LogP contribution in [-0.4, -0.2) is 25.0 Å². The van der Waals surface area contributed by atoms with E-state index in [9.17, 15) is 9.59 Å². The predicted molar refractivity (Wildman–Crippen MR) is 88.8 cm³/mol. The zero-order chi connectivity index (χ0) is 16.7. The van der Waals surface area contributed by atoms with Gasteiger partial charge in [-0.05, 0) is 36.5 Å². The average molecular weight is 318 g/mol. The smallest absolute Gasteiger partial charge is 0.251 e. The van der Waals surface area contributed by atoms with Gasteiger partial charge in [-0.3, -0.25) is 9.59 Å². The minimum absolute atomic E-state index is 0.147. The summed E-state index contributed by atoms with van der Waals surface area (Å²) in [7, 11) is 1.64. The van der Waals surface area contributed by atoms with E-state index in [1.807, 2.05) is 12.1 Å². The minimum Gasteiger partial charge on any atom is -0.380 e. The predicted octanol–water partition coefficient (Wildman–Crippen LogP) is 2.39. The van der Waals surface area contributed by atoms with Crippen LogP contribution >= 0.6 is 0 Å². The van der Waals surface area contributed by atoms with Crippen LogP contribution in [-0.2, 0) is 16.1 Å². The van der Waals surface area contributed by atoms with E-state index in [2.05, 4.69) is 5.32 Å². The van der Waals surface area contributed by atoms with Gasteiger partial charge in [0.05, 0.1) is 6.61 Å². The van der Waals surface area contributed by atoms with E-state index < -0.39 is 0 Å². The van der Waals surface area contributed by atoms with Crippen LogP contribution in [0, 0.1) is 5.92 Å². The van der Waals surface area contributed by atoms with Crippen molar-refractivity contribution in [1.29, 1.82) is 0 Å². The molecule has 1 fully saturated rings. The van der Waals surface area contributed by atoms with Crippen LogP contribution in [0.5, 0.6) is 0 Å². The van der Waals surface area contributed by atoms with Gasteiger partial charge in [-0.2, -0.15) is 0 Å². The highest BCUT2D eigenvalue weighted by molar-refractivity contribution is 5.94. The van der Waals surface area contributed by atoms with Crippen molar-refractivity contribution in [1.82, 2.24) is 5.32 Å². The van der Waals surface area contributed by atoms with Crippen molar-refractivity contribution in [2.45, 2.75) is 51.2 Å². The Kier molecular flexibility index (Phi) is 6.59. The van der Waals surface area contributed by atoms with Crippen LogP contribution in [0.3, 0.4) is 0 Å². The Morgan fingerprint density at radius 3 is 2.43 bits per heavy atom. The first-order valence-electron chi connectivity index (χ1n) is 8.27. The van der Waals surface area contributed by atoms with Gasteiger partial charge in [0.25, 0.3) is 5.91 Å². The first-order valence-corrected chi connectivity index (χ1v) is 8.27. The quantitative estimate of drug-likeness (QED) is 0.810. The Bertz CT molecular complexity index is 522. The van der Waals surface area contributed by atoms with Crippen molar-refractivity contribution in [3.63, 3.8) is 0 Å². The molecule has 3 N–H and O–H groups in total. The zero-order valence-electron chi connectivity index (χ0n) is 13.7. The molecule has 0 saturated heterocycles. The van der Waals surface area contributed by atoms with Crippen LogP contribution in [0.25, 0.3) is 0 Å². The van der Waals surface area contributed by atoms with Gasteiger partial charge in [0.15, 0.2) is 0 Å². The van der Waals surface area contributed by atoms with E-state index in [0.717, 1.165) is 31.2 Å². The van der Waals surface area contributed by atoms with E-state index in [1.165, 1.54) is 6.42 Å². The number of primary amides is 1. The molecule has 5 heteroatoms. The lowest BCUT2D eigenvalue weighted by Gasteiger charge is -2.30. The summed E-state index contributed by atoms with van der Waals surface area (Å²) in [5.41, 5.74) is 6.97. The second kappa shape index (κ2) is 8.67. The number of nitrogens with two attached hydrogens (primary N) is 1. The fourth-order valence-electron chi connectivity index (χ4n) is 3.26. The molecule has 1 saturated carbocycles. The number of carbonyl (C=O) groups is 2. The maximum Gasteiger partial charge on any atom is 0.251 e. The molecule has 1 aliphatic carbocycles. The molecule has 2 amide bonds. The van der Waals surface area contributed by atoms with Gasteiger partial charge in [0, 0.05) is 25.1 Å².